The molecule has 0 aliphatic carbocycles. The molecule has 0 radical (unpaired) electrons. The van der Waals surface area contributed by atoms with Crippen molar-refractivity contribution in [3.05, 3.63) is 51.1 Å². The molecule has 0 saturated heterocycles. The summed E-state index contributed by atoms with van der Waals surface area (Å²) < 4.78 is 1.54. The van der Waals surface area contributed by atoms with Crippen LogP contribution in [0.4, 0.5) is 0 Å². The molecule has 1 aliphatic heterocycles. The van der Waals surface area contributed by atoms with Crippen molar-refractivity contribution in [2.45, 2.75) is 32.4 Å². The van der Waals surface area contributed by atoms with Crippen molar-refractivity contribution in [2.75, 3.05) is 0 Å². The molecule has 0 atom stereocenters. The van der Waals surface area contributed by atoms with Gasteiger partial charge in [-0.2, -0.15) is 5.10 Å². The molecule has 1 aliphatic rings. The Balaban J connectivity index is 1.72. The lowest BCUT2D eigenvalue weighted by Crippen LogP contribution is -2.51. The summed E-state index contributed by atoms with van der Waals surface area (Å²) in [5.41, 5.74) is 2.00. The molecule has 4 rings (SSSR count). The van der Waals surface area contributed by atoms with Crippen LogP contribution in [-0.2, 0) is 13.0 Å². The number of carbonyl (C=O) groups is 1. The van der Waals surface area contributed by atoms with Gasteiger partial charge in [0.15, 0.2) is 11.3 Å². The lowest BCUT2D eigenvalue weighted by molar-refractivity contribution is 0.0486. The van der Waals surface area contributed by atoms with E-state index in [-0.39, 0.29) is 11.4 Å². The quantitative estimate of drug-likeness (QED) is 0.678. The Hall–Kier alpha value is -1.92. The lowest BCUT2D eigenvalue weighted by atomic mass is 9.90. The number of hydrogen-bond donors (Lipinski definition) is 0. The second kappa shape index (κ2) is 5.04. The zero-order chi connectivity index (χ0) is 16.2. The minimum absolute atomic E-state index is 0.0755. The van der Waals surface area contributed by atoms with E-state index < -0.39 is 0 Å². The molecule has 0 unspecified atom stereocenters. The molecule has 4 heterocycles. The molecule has 3 aromatic rings. The minimum Gasteiger partial charge on any atom is -0.327 e. The van der Waals surface area contributed by atoms with Gasteiger partial charge in [0.25, 0.3) is 5.91 Å². The van der Waals surface area contributed by atoms with Crippen LogP contribution in [0.3, 0.4) is 0 Å². The van der Waals surface area contributed by atoms with Gasteiger partial charge in [-0.1, -0.05) is 11.6 Å². The summed E-state index contributed by atoms with van der Waals surface area (Å²) in [6.07, 6.45) is 4.07. The van der Waals surface area contributed by atoms with Crippen LogP contribution in [0, 0.1) is 0 Å². The highest BCUT2D eigenvalue weighted by molar-refractivity contribution is 7.10. The normalized spacial score (nSPS) is 16.6. The summed E-state index contributed by atoms with van der Waals surface area (Å²) in [6, 6.07) is 3.80. The van der Waals surface area contributed by atoms with Gasteiger partial charge in [0, 0.05) is 35.6 Å². The Morgan fingerprint density at radius 2 is 2.26 bits per heavy atom. The first-order chi connectivity index (χ1) is 10.9. The molecule has 1 amide bonds. The van der Waals surface area contributed by atoms with Gasteiger partial charge >= 0.3 is 0 Å². The highest BCUT2D eigenvalue weighted by Crippen LogP contribution is 2.34. The second-order valence-electron chi connectivity index (χ2n) is 6.35. The number of hydrogen-bond acceptors (Lipinski definition) is 4. The number of carbonyl (C=O) groups excluding carboxylic acids is 1. The van der Waals surface area contributed by atoms with E-state index >= 15 is 0 Å². The highest BCUT2D eigenvalue weighted by Gasteiger charge is 2.37. The standard InChI is InChI=1S/C16H15ClN4OS/c1-16(2)6-13-10(3-4-23-13)8-20(16)15(22)12-5-14-18-7-11(17)9-21(14)19-12/h3-5,7,9H,6,8H2,1-2H3. The maximum Gasteiger partial charge on any atom is 0.275 e. The first-order valence-corrected chi connectivity index (χ1v) is 8.58. The van der Waals surface area contributed by atoms with Crippen molar-refractivity contribution in [1.29, 1.82) is 0 Å². The van der Waals surface area contributed by atoms with Gasteiger partial charge in [0.1, 0.15) is 0 Å². The molecule has 23 heavy (non-hydrogen) atoms. The van der Waals surface area contributed by atoms with Gasteiger partial charge in [-0.25, -0.2) is 9.50 Å². The number of aromatic nitrogens is 3. The summed E-state index contributed by atoms with van der Waals surface area (Å²) in [6.45, 7) is 4.81. The molecule has 118 valence electrons. The molecule has 3 aromatic heterocycles. The number of thiophene rings is 1. The third-order valence-electron chi connectivity index (χ3n) is 4.24. The van der Waals surface area contributed by atoms with Gasteiger partial charge in [0.05, 0.1) is 11.2 Å². The van der Waals surface area contributed by atoms with Crippen molar-refractivity contribution in [1.82, 2.24) is 19.5 Å². The molecule has 0 aromatic carbocycles. The maximum absolute atomic E-state index is 13.0. The van der Waals surface area contributed by atoms with Crippen LogP contribution >= 0.6 is 22.9 Å². The number of rotatable bonds is 1. The second-order valence-corrected chi connectivity index (χ2v) is 7.79. The van der Waals surface area contributed by atoms with Crippen LogP contribution < -0.4 is 0 Å². The van der Waals surface area contributed by atoms with Gasteiger partial charge < -0.3 is 4.90 Å². The first-order valence-electron chi connectivity index (χ1n) is 7.32. The van der Waals surface area contributed by atoms with Gasteiger partial charge in [-0.15, -0.1) is 11.3 Å². The van der Waals surface area contributed by atoms with Crippen LogP contribution in [0.25, 0.3) is 5.65 Å². The highest BCUT2D eigenvalue weighted by atomic mass is 35.5. The smallest absolute Gasteiger partial charge is 0.275 e. The monoisotopic (exact) mass is 346 g/mol. The van der Waals surface area contributed by atoms with E-state index in [1.807, 2.05) is 4.90 Å². The van der Waals surface area contributed by atoms with Crippen molar-refractivity contribution in [3.8, 4) is 0 Å². The molecule has 7 heteroatoms. The first kappa shape index (κ1) is 14.7. The minimum atomic E-state index is -0.240. The van der Waals surface area contributed by atoms with E-state index in [0.717, 1.165) is 6.42 Å². The largest absolute Gasteiger partial charge is 0.327 e. The Morgan fingerprint density at radius 1 is 1.43 bits per heavy atom. The van der Waals surface area contributed by atoms with Crippen LogP contribution in [0.15, 0.2) is 29.9 Å². The Bertz CT molecular complexity index is 914. The number of nitrogens with zero attached hydrogens (tertiary/aromatic N) is 4. The van der Waals surface area contributed by atoms with E-state index in [4.69, 9.17) is 11.6 Å². The van der Waals surface area contributed by atoms with Crippen molar-refractivity contribution >= 4 is 34.5 Å². The summed E-state index contributed by atoms with van der Waals surface area (Å²) in [5, 5.41) is 6.91. The number of halogens is 1. The SMILES string of the molecule is CC1(C)Cc2sccc2CN1C(=O)c1cc2ncc(Cl)cn2n1. The topological polar surface area (TPSA) is 50.5 Å². The molecule has 0 bridgehead atoms. The Morgan fingerprint density at radius 3 is 3.09 bits per heavy atom. The summed E-state index contributed by atoms with van der Waals surface area (Å²) >= 11 is 7.69. The average molecular weight is 347 g/mol. The fraction of sp³-hybridized carbons (Fsp3) is 0.312. The molecular weight excluding hydrogens is 332 g/mol. The van der Waals surface area contributed by atoms with Crippen molar-refractivity contribution in [2.24, 2.45) is 0 Å². The van der Waals surface area contributed by atoms with Crippen LogP contribution in [-0.4, -0.2) is 30.9 Å². The van der Waals surface area contributed by atoms with Gasteiger partial charge in [0.2, 0.25) is 0 Å². The predicted molar refractivity (Wildman–Crippen MR) is 90.0 cm³/mol. The summed E-state index contributed by atoms with van der Waals surface area (Å²) in [7, 11) is 0. The van der Waals surface area contributed by atoms with Crippen LogP contribution in [0.2, 0.25) is 5.02 Å². The molecular formula is C16H15ClN4OS. The van der Waals surface area contributed by atoms with Gasteiger partial charge in [-0.05, 0) is 30.9 Å². The molecule has 0 spiro atoms. The van der Waals surface area contributed by atoms with E-state index in [9.17, 15) is 4.79 Å². The lowest BCUT2D eigenvalue weighted by Gasteiger charge is -2.41. The van der Waals surface area contributed by atoms with E-state index in [2.05, 4.69) is 35.4 Å². The molecule has 0 N–H and O–H groups in total. The predicted octanol–water partition coefficient (Wildman–Crippen LogP) is 3.42. The number of fused-ring (bicyclic) bond motifs is 2. The molecule has 5 nitrogen and oxygen atoms in total. The van der Waals surface area contributed by atoms with Crippen LogP contribution in [0.5, 0.6) is 0 Å². The summed E-state index contributed by atoms with van der Waals surface area (Å²) in [4.78, 5) is 20.4. The Labute approximate surface area is 142 Å². The van der Waals surface area contributed by atoms with Crippen molar-refractivity contribution < 1.29 is 4.79 Å². The summed E-state index contributed by atoms with van der Waals surface area (Å²) in [5.74, 6) is -0.0755. The van der Waals surface area contributed by atoms with Crippen LogP contribution in [0.1, 0.15) is 34.8 Å². The third kappa shape index (κ3) is 2.42. The fourth-order valence-corrected chi connectivity index (χ4v) is 4.24. The average Bonchev–Trinajstić information content (AvgIpc) is 3.09. The zero-order valence-corrected chi connectivity index (χ0v) is 14.4. The molecule has 0 fully saturated rings. The Kier molecular flexibility index (Phi) is 3.21. The van der Waals surface area contributed by atoms with E-state index in [1.165, 1.54) is 10.4 Å². The third-order valence-corrected chi connectivity index (χ3v) is 5.39. The van der Waals surface area contributed by atoms with Gasteiger partial charge in [-0.3, -0.25) is 4.79 Å². The van der Waals surface area contributed by atoms with Crippen molar-refractivity contribution in [3.63, 3.8) is 0 Å². The fourth-order valence-electron chi connectivity index (χ4n) is 2.98. The maximum atomic E-state index is 13.0. The zero-order valence-electron chi connectivity index (χ0n) is 12.8. The molecule has 0 saturated carbocycles. The number of amides is 1. The van der Waals surface area contributed by atoms with E-state index in [0.29, 0.717) is 22.9 Å². The van der Waals surface area contributed by atoms with E-state index in [1.54, 1.807) is 34.3 Å².